The second kappa shape index (κ2) is 7.60. The fourth-order valence-corrected chi connectivity index (χ4v) is 3.18. The Bertz CT molecular complexity index is 866. The summed E-state index contributed by atoms with van der Waals surface area (Å²) in [4.78, 5) is 11.3. The van der Waals surface area contributed by atoms with Gasteiger partial charge in [0, 0.05) is 11.7 Å². The fraction of sp³-hybridized carbons (Fsp3) is 0.235. The first-order valence-electron chi connectivity index (χ1n) is 7.53. The second-order valence-electron chi connectivity index (χ2n) is 5.78. The van der Waals surface area contributed by atoms with Crippen LogP contribution < -0.4 is 10.0 Å². The average Bonchev–Trinajstić information content (AvgIpc) is 2.50. The molecule has 0 aromatic heterocycles. The van der Waals surface area contributed by atoms with Crippen molar-refractivity contribution in [2.75, 3.05) is 4.72 Å². The lowest BCUT2D eigenvalue weighted by Gasteiger charge is -2.10. The summed E-state index contributed by atoms with van der Waals surface area (Å²) in [7, 11) is -4.04. The van der Waals surface area contributed by atoms with Gasteiger partial charge in [0.1, 0.15) is 0 Å². The molecule has 0 aliphatic carbocycles. The van der Waals surface area contributed by atoms with Crippen molar-refractivity contribution in [1.29, 1.82) is 0 Å². The van der Waals surface area contributed by atoms with Crippen LogP contribution in [0.3, 0.4) is 0 Å². The summed E-state index contributed by atoms with van der Waals surface area (Å²) in [5.41, 5.74) is 0.965. The number of sulfonamides is 1. The normalized spacial score (nSPS) is 11.4. The summed E-state index contributed by atoms with van der Waals surface area (Å²) >= 11 is 0. The van der Waals surface area contributed by atoms with Crippen LogP contribution in [-0.2, 0) is 21.2 Å². The highest BCUT2D eigenvalue weighted by Crippen LogP contribution is 2.19. The molecule has 8 heteroatoms. The number of anilines is 1. The molecule has 0 aliphatic rings. The van der Waals surface area contributed by atoms with E-state index in [1.54, 1.807) is 12.1 Å². The lowest BCUT2D eigenvalue weighted by molar-refractivity contribution is -0.120. The van der Waals surface area contributed by atoms with Gasteiger partial charge in [0.25, 0.3) is 10.0 Å². The van der Waals surface area contributed by atoms with Crippen molar-refractivity contribution in [3.63, 3.8) is 0 Å². The van der Waals surface area contributed by atoms with Gasteiger partial charge in [-0.15, -0.1) is 0 Å². The minimum absolute atomic E-state index is 0.0367. The van der Waals surface area contributed by atoms with Crippen LogP contribution in [0.5, 0.6) is 0 Å². The molecule has 0 bridgehead atoms. The van der Waals surface area contributed by atoms with Gasteiger partial charge in [-0.3, -0.25) is 9.52 Å². The highest BCUT2D eigenvalue weighted by molar-refractivity contribution is 7.92. The molecule has 2 rings (SSSR count). The molecule has 0 spiro atoms. The molecule has 0 heterocycles. The zero-order valence-electron chi connectivity index (χ0n) is 13.7. The van der Waals surface area contributed by atoms with Gasteiger partial charge < -0.3 is 5.32 Å². The summed E-state index contributed by atoms with van der Waals surface area (Å²) in [6.07, 6.45) is 0.175. The Kier molecular flexibility index (Phi) is 5.73. The number of carbonyl (C=O) groups is 1. The number of rotatable bonds is 6. The van der Waals surface area contributed by atoms with Crippen LogP contribution in [0.4, 0.5) is 14.5 Å². The third kappa shape index (κ3) is 5.25. The Balaban J connectivity index is 2.09. The van der Waals surface area contributed by atoms with Crippen molar-refractivity contribution < 1.29 is 22.0 Å². The molecule has 2 aromatic carbocycles. The number of halogens is 2. The van der Waals surface area contributed by atoms with E-state index in [-0.39, 0.29) is 29.0 Å². The zero-order chi connectivity index (χ0) is 18.6. The van der Waals surface area contributed by atoms with E-state index >= 15 is 0 Å². The Morgan fingerprint density at radius 2 is 1.68 bits per heavy atom. The Hall–Kier alpha value is -2.48. The van der Waals surface area contributed by atoms with Gasteiger partial charge in [-0.05, 0) is 49.7 Å². The number of carbonyl (C=O) groups excluding carboxylic acids is 1. The van der Waals surface area contributed by atoms with Crippen LogP contribution in [0.2, 0.25) is 0 Å². The van der Waals surface area contributed by atoms with Gasteiger partial charge in [0.15, 0.2) is 11.6 Å². The van der Waals surface area contributed by atoms with Gasteiger partial charge >= 0.3 is 0 Å². The molecule has 1 amide bonds. The maximum Gasteiger partial charge on any atom is 0.261 e. The molecule has 0 radical (unpaired) electrons. The SMILES string of the molecule is CC(C)NC(=O)Cc1ccc(NS(=O)(=O)c2ccc(F)c(F)c2)cc1. The van der Waals surface area contributed by atoms with Crippen molar-refractivity contribution in [2.45, 2.75) is 31.2 Å². The minimum Gasteiger partial charge on any atom is -0.354 e. The molecule has 134 valence electrons. The molecular formula is C17H18F2N2O3S. The smallest absolute Gasteiger partial charge is 0.261 e. The third-order valence-electron chi connectivity index (χ3n) is 3.22. The quantitative estimate of drug-likeness (QED) is 0.823. The summed E-state index contributed by atoms with van der Waals surface area (Å²) in [5.74, 6) is -2.50. The van der Waals surface area contributed by atoms with Crippen molar-refractivity contribution >= 4 is 21.6 Å². The monoisotopic (exact) mass is 368 g/mol. The fourth-order valence-electron chi connectivity index (χ4n) is 2.11. The number of hydrogen-bond acceptors (Lipinski definition) is 3. The van der Waals surface area contributed by atoms with Crippen LogP contribution >= 0.6 is 0 Å². The van der Waals surface area contributed by atoms with Crippen molar-refractivity contribution in [3.05, 3.63) is 59.7 Å². The van der Waals surface area contributed by atoms with E-state index in [1.165, 1.54) is 12.1 Å². The Morgan fingerprint density at radius 1 is 1.04 bits per heavy atom. The number of hydrogen-bond donors (Lipinski definition) is 2. The summed E-state index contributed by atoms with van der Waals surface area (Å²) in [6.45, 7) is 3.71. The summed E-state index contributed by atoms with van der Waals surface area (Å²) < 4.78 is 52.8. The van der Waals surface area contributed by atoms with Crippen LogP contribution in [0.25, 0.3) is 0 Å². The molecule has 0 aliphatic heterocycles. The first-order valence-corrected chi connectivity index (χ1v) is 9.02. The zero-order valence-corrected chi connectivity index (χ0v) is 14.5. The molecule has 0 fully saturated rings. The molecule has 2 N–H and O–H groups in total. The average molecular weight is 368 g/mol. The second-order valence-corrected chi connectivity index (χ2v) is 7.46. The lowest BCUT2D eigenvalue weighted by Crippen LogP contribution is -2.31. The Morgan fingerprint density at radius 3 is 2.24 bits per heavy atom. The van der Waals surface area contributed by atoms with Gasteiger partial charge in [-0.2, -0.15) is 0 Å². The van der Waals surface area contributed by atoms with E-state index in [2.05, 4.69) is 10.0 Å². The molecule has 0 unspecified atom stereocenters. The van der Waals surface area contributed by atoms with E-state index in [0.29, 0.717) is 11.6 Å². The lowest BCUT2D eigenvalue weighted by atomic mass is 10.1. The van der Waals surface area contributed by atoms with Gasteiger partial charge in [0.2, 0.25) is 5.91 Å². The predicted octanol–water partition coefficient (Wildman–Crippen LogP) is 2.83. The van der Waals surface area contributed by atoms with Gasteiger partial charge in [0.05, 0.1) is 11.3 Å². The van der Waals surface area contributed by atoms with E-state index in [1.807, 2.05) is 13.8 Å². The maximum absolute atomic E-state index is 13.2. The standard InChI is InChI=1S/C17H18F2N2O3S/c1-11(2)20-17(22)9-12-3-5-13(6-4-12)21-25(23,24)14-7-8-15(18)16(19)10-14/h3-8,10-11,21H,9H2,1-2H3,(H,20,22). The molecule has 25 heavy (non-hydrogen) atoms. The van der Waals surface area contributed by atoms with Crippen LogP contribution in [-0.4, -0.2) is 20.4 Å². The summed E-state index contributed by atoms with van der Waals surface area (Å²) in [5, 5.41) is 2.76. The predicted molar refractivity (Wildman–Crippen MR) is 90.6 cm³/mol. The first-order chi connectivity index (χ1) is 11.7. The molecule has 0 saturated heterocycles. The van der Waals surface area contributed by atoms with Gasteiger partial charge in [-0.1, -0.05) is 12.1 Å². The van der Waals surface area contributed by atoms with Crippen molar-refractivity contribution in [1.82, 2.24) is 5.32 Å². The topological polar surface area (TPSA) is 75.3 Å². The molecule has 0 saturated carbocycles. The van der Waals surface area contributed by atoms with E-state index in [9.17, 15) is 22.0 Å². The highest BCUT2D eigenvalue weighted by Gasteiger charge is 2.16. The van der Waals surface area contributed by atoms with Gasteiger partial charge in [-0.25, -0.2) is 17.2 Å². The Labute approximate surface area is 145 Å². The minimum atomic E-state index is -4.04. The van der Waals surface area contributed by atoms with Crippen molar-refractivity contribution in [2.24, 2.45) is 0 Å². The first kappa shape index (κ1) is 18.9. The largest absolute Gasteiger partial charge is 0.354 e. The molecule has 2 aromatic rings. The number of amides is 1. The maximum atomic E-state index is 13.2. The van der Waals surface area contributed by atoms with E-state index in [0.717, 1.165) is 12.1 Å². The molecule has 5 nitrogen and oxygen atoms in total. The van der Waals surface area contributed by atoms with E-state index < -0.39 is 21.7 Å². The van der Waals surface area contributed by atoms with E-state index in [4.69, 9.17) is 0 Å². The van der Waals surface area contributed by atoms with Crippen LogP contribution in [0.1, 0.15) is 19.4 Å². The molecular weight excluding hydrogens is 350 g/mol. The van der Waals surface area contributed by atoms with Crippen molar-refractivity contribution in [3.8, 4) is 0 Å². The number of nitrogens with one attached hydrogen (secondary N) is 2. The highest BCUT2D eigenvalue weighted by atomic mass is 32.2. The number of benzene rings is 2. The summed E-state index contributed by atoms with van der Waals surface area (Å²) in [6, 6.07) is 8.60. The third-order valence-corrected chi connectivity index (χ3v) is 4.60. The van der Waals surface area contributed by atoms with Crippen LogP contribution in [0, 0.1) is 11.6 Å². The van der Waals surface area contributed by atoms with Crippen LogP contribution in [0.15, 0.2) is 47.4 Å². The molecule has 0 atom stereocenters.